The molecule has 3 nitrogen and oxygen atoms in total. The fourth-order valence-electron chi connectivity index (χ4n) is 1.32. The predicted octanol–water partition coefficient (Wildman–Crippen LogP) is 1.55. The second-order valence-corrected chi connectivity index (χ2v) is 4.96. The summed E-state index contributed by atoms with van der Waals surface area (Å²) in [6, 6.07) is 0. The van der Waals surface area contributed by atoms with Gasteiger partial charge >= 0.3 is 6.18 Å². The minimum Gasteiger partial charge on any atom is -0.270 e. The molecule has 0 bridgehead atoms. The summed E-state index contributed by atoms with van der Waals surface area (Å²) in [7, 11) is -3.76. The van der Waals surface area contributed by atoms with E-state index >= 15 is 0 Å². The van der Waals surface area contributed by atoms with E-state index in [1.165, 1.54) is 6.92 Å². The van der Waals surface area contributed by atoms with Crippen molar-refractivity contribution < 1.29 is 25.8 Å². The molecule has 1 saturated carbocycles. The van der Waals surface area contributed by atoms with Crippen molar-refractivity contribution in [2.75, 3.05) is 12.4 Å². The highest BCUT2D eigenvalue weighted by molar-refractivity contribution is 7.86. The normalized spacial score (nSPS) is 27.7. The molecule has 0 amide bonds. The zero-order valence-electron chi connectivity index (χ0n) is 7.54. The van der Waals surface area contributed by atoms with Gasteiger partial charge in [0.05, 0.1) is 18.3 Å². The summed E-state index contributed by atoms with van der Waals surface area (Å²) in [4.78, 5) is 0. The van der Waals surface area contributed by atoms with Crippen LogP contribution in [0.15, 0.2) is 0 Å². The van der Waals surface area contributed by atoms with E-state index < -0.39 is 33.9 Å². The molecule has 7 heteroatoms. The highest BCUT2D eigenvalue weighted by Gasteiger charge is 2.56. The van der Waals surface area contributed by atoms with Crippen molar-refractivity contribution >= 4 is 10.1 Å². The Balaban J connectivity index is 2.44. The maximum absolute atomic E-state index is 12.0. The predicted molar refractivity (Wildman–Crippen MR) is 43.1 cm³/mol. The first-order chi connectivity index (χ1) is 6.26. The molecule has 0 aromatic carbocycles. The number of hydrogen-bond acceptors (Lipinski definition) is 3. The first kappa shape index (κ1) is 11.8. The molecule has 84 valence electrons. The highest BCUT2D eigenvalue weighted by Crippen LogP contribution is 2.50. The van der Waals surface area contributed by atoms with Gasteiger partial charge in [-0.3, -0.25) is 4.18 Å². The van der Waals surface area contributed by atoms with Gasteiger partial charge in [-0.1, -0.05) is 0 Å². The Bertz CT molecular complexity index is 296. The summed E-state index contributed by atoms with van der Waals surface area (Å²) in [5.74, 6) is -2.80. The molecular formula is C7H11F3O3S. The third-order valence-corrected chi connectivity index (χ3v) is 3.49. The molecular weight excluding hydrogens is 221 g/mol. The van der Waals surface area contributed by atoms with Crippen molar-refractivity contribution in [1.29, 1.82) is 0 Å². The Morgan fingerprint density at radius 1 is 1.43 bits per heavy atom. The summed E-state index contributed by atoms with van der Waals surface area (Å²) >= 11 is 0. The van der Waals surface area contributed by atoms with Crippen LogP contribution >= 0.6 is 0 Å². The van der Waals surface area contributed by atoms with Gasteiger partial charge in [0.2, 0.25) is 0 Å². The molecule has 0 heterocycles. The van der Waals surface area contributed by atoms with E-state index in [1.54, 1.807) is 0 Å². The lowest BCUT2D eigenvalue weighted by Crippen LogP contribution is -2.17. The van der Waals surface area contributed by atoms with Gasteiger partial charge in [0, 0.05) is 0 Å². The van der Waals surface area contributed by atoms with E-state index in [4.69, 9.17) is 0 Å². The van der Waals surface area contributed by atoms with E-state index in [0.717, 1.165) is 0 Å². The first-order valence-corrected chi connectivity index (χ1v) is 5.78. The summed E-state index contributed by atoms with van der Waals surface area (Å²) in [5, 5.41) is 0. The third-order valence-electron chi connectivity index (χ3n) is 2.06. The van der Waals surface area contributed by atoms with Crippen LogP contribution in [-0.4, -0.2) is 27.0 Å². The maximum atomic E-state index is 12.0. The molecule has 0 N–H and O–H groups in total. The molecule has 1 rings (SSSR count). The van der Waals surface area contributed by atoms with Crippen molar-refractivity contribution in [2.45, 2.75) is 19.5 Å². The van der Waals surface area contributed by atoms with Crippen LogP contribution < -0.4 is 0 Å². The molecule has 1 aliphatic carbocycles. The van der Waals surface area contributed by atoms with E-state index in [9.17, 15) is 21.6 Å². The van der Waals surface area contributed by atoms with Gasteiger partial charge in [-0.15, -0.1) is 0 Å². The van der Waals surface area contributed by atoms with Gasteiger partial charge in [0.1, 0.15) is 0 Å². The molecule has 14 heavy (non-hydrogen) atoms. The average molecular weight is 232 g/mol. The van der Waals surface area contributed by atoms with Crippen LogP contribution in [0.5, 0.6) is 0 Å². The lowest BCUT2D eigenvalue weighted by Gasteiger charge is -2.05. The van der Waals surface area contributed by atoms with Crippen LogP contribution in [0.4, 0.5) is 13.2 Å². The topological polar surface area (TPSA) is 43.4 Å². The zero-order valence-corrected chi connectivity index (χ0v) is 8.36. The maximum Gasteiger partial charge on any atom is 0.392 e. The van der Waals surface area contributed by atoms with Gasteiger partial charge in [0.25, 0.3) is 10.1 Å². The van der Waals surface area contributed by atoms with Crippen LogP contribution in [0.1, 0.15) is 13.3 Å². The Kier molecular flexibility index (Phi) is 3.10. The lowest BCUT2D eigenvalue weighted by molar-refractivity contribution is -0.150. The van der Waals surface area contributed by atoms with Crippen molar-refractivity contribution in [3.05, 3.63) is 0 Å². The van der Waals surface area contributed by atoms with Gasteiger partial charge in [-0.25, -0.2) is 0 Å². The van der Waals surface area contributed by atoms with E-state index in [-0.39, 0.29) is 13.0 Å². The second kappa shape index (κ2) is 3.69. The molecule has 0 saturated heterocycles. The Hall–Kier alpha value is -0.300. The van der Waals surface area contributed by atoms with Gasteiger partial charge in [-0.2, -0.15) is 21.6 Å². The number of hydrogen-bond donors (Lipinski definition) is 0. The smallest absolute Gasteiger partial charge is 0.270 e. The average Bonchev–Trinajstić information content (AvgIpc) is 2.63. The number of alkyl halides is 3. The van der Waals surface area contributed by atoms with Crippen molar-refractivity contribution in [1.82, 2.24) is 0 Å². The van der Waals surface area contributed by atoms with Gasteiger partial charge < -0.3 is 0 Å². The van der Waals surface area contributed by atoms with Crippen LogP contribution in [-0.2, 0) is 14.3 Å². The Morgan fingerprint density at radius 2 is 2.00 bits per heavy atom. The monoisotopic (exact) mass is 232 g/mol. The van der Waals surface area contributed by atoms with Crippen molar-refractivity contribution in [3.63, 3.8) is 0 Å². The quantitative estimate of drug-likeness (QED) is 0.691. The Labute approximate surface area is 80.4 Å². The number of halogens is 3. The third kappa shape index (κ3) is 3.13. The van der Waals surface area contributed by atoms with Crippen LogP contribution in [0.25, 0.3) is 0 Å². The zero-order chi connectivity index (χ0) is 11.0. The summed E-state index contributed by atoms with van der Waals surface area (Å²) in [6.07, 6.45) is -4.37. The van der Waals surface area contributed by atoms with Crippen LogP contribution in [0.3, 0.4) is 0 Å². The van der Waals surface area contributed by atoms with E-state index in [2.05, 4.69) is 4.18 Å². The molecule has 0 spiro atoms. The van der Waals surface area contributed by atoms with E-state index in [1.807, 2.05) is 0 Å². The molecule has 2 atom stereocenters. The molecule has 1 fully saturated rings. The molecule has 0 aromatic rings. The molecule has 0 radical (unpaired) electrons. The standard InChI is InChI=1S/C7H11F3O3S/c1-2-13-14(11,12)4-5-3-6(5)7(8,9)10/h5-6H,2-4H2,1H3. The van der Waals surface area contributed by atoms with Crippen molar-refractivity contribution in [3.8, 4) is 0 Å². The minimum absolute atomic E-state index is 0.0360. The SMILES string of the molecule is CCOS(=O)(=O)CC1CC1C(F)(F)F. The Morgan fingerprint density at radius 3 is 2.36 bits per heavy atom. The first-order valence-electron chi connectivity index (χ1n) is 4.20. The molecule has 0 aromatic heterocycles. The highest BCUT2D eigenvalue weighted by atomic mass is 32.2. The second-order valence-electron chi connectivity index (χ2n) is 3.27. The lowest BCUT2D eigenvalue weighted by atomic mass is 10.3. The summed E-state index contributed by atoms with van der Waals surface area (Å²) < 4.78 is 62.3. The summed E-state index contributed by atoms with van der Waals surface area (Å²) in [5.41, 5.74) is 0. The van der Waals surface area contributed by atoms with Gasteiger partial charge in [-0.05, 0) is 19.3 Å². The molecule has 2 unspecified atom stereocenters. The molecule has 1 aliphatic rings. The van der Waals surface area contributed by atoms with E-state index in [0.29, 0.717) is 0 Å². The minimum atomic E-state index is -4.27. The van der Waals surface area contributed by atoms with Crippen LogP contribution in [0, 0.1) is 11.8 Å². The molecule has 0 aliphatic heterocycles. The van der Waals surface area contributed by atoms with Crippen LogP contribution in [0.2, 0.25) is 0 Å². The van der Waals surface area contributed by atoms with Crippen molar-refractivity contribution in [2.24, 2.45) is 11.8 Å². The summed E-state index contributed by atoms with van der Waals surface area (Å²) in [6.45, 7) is 1.44. The fraction of sp³-hybridized carbons (Fsp3) is 1.00. The largest absolute Gasteiger partial charge is 0.392 e. The number of rotatable bonds is 4. The van der Waals surface area contributed by atoms with Gasteiger partial charge in [0.15, 0.2) is 0 Å². The fourth-order valence-corrected chi connectivity index (χ4v) is 2.67.